The molecule has 80 valence electrons. The number of carbonyl (C=O) groups is 1. The topological polar surface area (TPSA) is 17.1 Å². The van der Waals surface area contributed by atoms with Crippen molar-refractivity contribution < 1.29 is 4.79 Å². The molecule has 0 aromatic heterocycles. The second-order valence-electron chi connectivity index (χ2n) is 3.98. The van der Waals surface area contributed by atoms with E-state index in [4.69, 9.17) is 0 Å². The third-order valence-electron chi connectivity index (χ3n) is 2.36. The Morgan fingerprint density at radius 3 is 2.40 bits per heavy atom. The van der Waals surface area contributed by atoms with Crippen molar-refractivity contribution >= 4 is 5.78 Å². The number of benzene rings is 1. The van der Waals surface area contributed by atoms with E-state index in [1.54, 1.807) is 0 Å². The summed E-state index contributed by atoms with van der Waals surface area (Å²) < 4.78 is 0. The number of Topliss-reactive ketones (excluding diaryl/α,β-unsaturated/α-hetero) is 1. The van der Waals surface area contributed by atoms with Crippen LogP contribution in [-0.2, 0) is 0 Å². The Morgan fingerprint density at radius 2 is 1.87 bits per heavy atom. The molecule has 0 saturated carbocycles. The maximum absolute atomic E-state index is 11.8. The number of rotatable bonds is 5. The van der Waals surface area contributed by atoms with Crippen molar-refractivity contribution in [1.82, 2.24) is 0 Å². The smallest absolute Gasteiger partial charge is 0.162 e. The van der Waals surface area contributed by atoms with Crippen molar-refractivity contribution in [2.45, 2.75) is 33.1 Å². The summed E-state index contributed by atoms with van der Waals surface area (Å²) in [6.45, 7) is 7.69. The Bertz CT molecular complexity index is 343. The summed E-state index contributed by atoms with van der Waals surface area (Å²) in [5.41, 5.74) is 3.15. The lowest BCUT2D eigenvalue weighted by Crippen LogP contribution is -1.99. The van der Waals surface area contributed by atoms with Gasteiger partial charge in [0.25, 0.3) is 0 Å². The first-order valence-electron chi connectivity index (χ1n) is 5.36. The highest BCUT2D eigenvalue weighted by Crippen LogP contribution is 2.12. The predicted octanol–water partition coefficient (Wildman–Crippen LogP) is 3.84. The summed E-state index contributed by atoms with van der Waals surface area (Å²) in [4.78, 5) is 11.8. The normalized spacial score (nSPS) is 10.0. The van der Waals surface area contributed by atoms with Gasteiger partial charge in [-0.2, -0.15) is 0 Å². The number of unbranched alkanes of at least 4 members (excludes halogenated alkanes) is 1. The Morgan fingerprint density at radius 1 is 1.27 bits per heavy atom. The van der Waals surface area contributed by atoms with Crippen LogP contribution in [0.5, 0.6) is 0 Å². The van der Waals surface area contributed by atoms with Gasteiger partial charge in [-0.25, -0.2) is 0 Å². The van der Waals surface area contributed by atoms with E-state index in [2.05, 4.69) is 12.6 Å². The summed E-state index contributed by atoms with van der Waals surface area (Å²) in [5, 5.41) is 0. The summed E-state index contributed by atoms with van der Waals surface area (Å²) in [6, 6.07) is 6.01. The Labute approximate surface area is 91.8 Å². The van der Waals surface area contributed by atoms with E-state index < -0.39 is 0 Å². The van der Waals surface area contributed by atoms with Crippen LogP contribution in [0.1, 0.15) is 40.7 Å². The molecule has 1 aromatic carbocycles. The summed E-state index contributed by atoms with van der Waals surface area (Å²) in [5.74, 6) is 0.239. The van der Waals surface area contributed by atoms with E-state index in [0.29, 0.717) is 6.42 Å². The molecule has 0 saturated heterocycles. The highest BCUT2D eigenvalue weighted by atomic mass is 16.1. The van der Waals surface area contributed by atoms with Gasteiger partial charge in [-0.3, -0.25) is 4.79 Å². The third-order valence-corrected chi connectivity index (χ3v) is 2.36. The lowest BCUT2D eigenvalue weighted by atomic mass is 10.0. The molecule has 1 heteroatoms. The van der Waals surface area contributed by atoms with Crippen molar-refractivity contribution in [3.05, 3.63) is 47.5 Å². The van der Waals surface area contributed by atoms with Gasteiger partial charge >= 0.3 is 0 Å². The van der Waals surface area contributed by atoms with Gasteiger partial charge in [-0.05, 0) is 38.8 Å². The van der Waals surface area contributed by atoms with Gasteiger partial charge in [0.2, 0.25) is 0 Å². The fourth-order valence-electron chi connectivity index (χ4n) is 1.69. The van der Waals surface area contributed by atoms with Crippen LogP contribution in [0, 0.1) is 13.8 Å². The van der Waals surface area contributed by atoms with Crippen molar-refractivity contribution in [2.75, 3.05) is 0 Å². The maximum Gasteiger partial charge on any atom is 0.162 e. The number of hydrogen-bond donors (Lipinski definition) is 0. The lowest BCUT2D eigenvalue weighted by molar-refractivity contribution is 0.0980. The van der Waals surface area contributed by atoms with E-state index >= 15 is 0 Å². The Kier molecular flexibility index (Phi) is 4.29. The molecule has 15 heavy (non-hydrogen) atoms. The molecular weight excluding hydrogens is 184 g/mol. The van der Waals surface area contributed by atoms with Crippen LogP contribution in [0.15, 0.2) is 30.9 Å². The molecule has 0 N–H and O–H groups in total. The highest BCUT2D eigenvalue weighted by Gasteiger charge is 2.05. The molecule has 0 aliphatic carbocycles. The number of hydrogen-bond acceptors (Lipinski definition) is 1. The average molecular weight is 202 g/mol. The fraction of sp³-hybridized carbons (Fsp3) is 0.357. The van der Waals surface area contributed by atoms with E-state index in [0.717, 1.165) is 29.5 Å². The molecule has 0 fully saturated rings. The van der Waals surface area contributed by atoms with Gasteiger partial charge in [0.15, 0.2) is 5.78 Å². The molecule has 1 rings (SSSR count). The molecule has 0 aliphatic rings. The monoisotopic (exact) mass is 202 g/mol. The van der Waals surface area contributed by atoms with Crippen LogP contribution >= 0.6 is 0 Å². The van der Waals surface area contributed by atoms with Crippen LogP contribution in [0.25, 0.3) is 0 Å². The van der Waals surface area contributed by atoms with Gasteiger partial charge in [-0.15, -0.1) is 6.58 Å². The first-order valence-corrected chi connectivity index (χ1v) is 5.36. The quantitative estimate of drug-likeness (QED) is 0.403. The molecule has 0 bridgehead atoms. The largest absolute Gasteiger partial charge is 0.294 e. The number of allylic oxidation sites excluding steroid dienone is 1. The minimum absolute atomic E-state index is 0.239. The van der Waals surface area contributed by atoms with Crippen LogP contribution in [0.2, 0.25) is 0 Å². The minimum Gasteiger partial charge on any atom is -0.294 e. The first-order chi connectivity index (χ1) is 7.13. The Hall–Kier alpha value is -1.37. The van der Waals surface area contributed by atoms with Crippen LogP contribution in [0.4, 0.5) is 0 Å². The second-order valence-corrected chi connectivity index (χ2v) is 3.98. The van der Waals surface area contributed by atoms with Gasteiger partial charge in [0, 0.05) is 12.0 Å². The molecule has 0 unspecified atom stereocenters. The van der Waals surface area contributed by atoms with Crippen molar-refractivity contribution in [3.63, 3.8) is 0 Å². The van der Waals surface area contributed by atoms with Gasteiger partial charge < -0.3 is 0 Å². The summed E-state index contributed by atoms with van der Waals surface area (Å²) in [6.07, 6.45) is 4.29. The third kappa shape index (κ3) is 3.70. The lowest BCUT2D eigenvalue weighted by Gasteiger charge is -2.03. The number of ketones is 1. The molecule has 0 radical (unpaired) electrons. The fourth-order valence-corrected chi connectivity index (χ4v) is 1.69. The average Bonchev–Trinajstić information content (AvgIpc) is 2.16. The van der Waals surface area contributed by atoms with E-state index in [9.17, 15) is 4.79 Å². The molecule has 0 spiro atoms. The molecule has 0 amide bonds. The zero-order valence-corrected chi connectivity index (χ0v) is 9.55. The predicted molar refractivity (Wildman–Crippen MR) is 64.3 cm³/mol. The molecule has 0 aliphatic heterocycles. The minimum atomic E-state index is 0.239. The van der Waals surface area contributed by atoms with Gasteiger partial charge in [0.05, 0.1) is 0 Å². The van der Waals surface area contributed by atoms with Crippen LogP contribution < -0.4 is 0 Å². The molecule has 0 atom stereocenters. The van der Waals surface area contributed by atoms with Crippen molar-refractivity contribution in [1.29, 1.82) is 0 Å². The van der Waals surface area contributed by atoms with E-state index in [1.165, 1.54) is 0 Å². The highest BCUT2D eigenvalue weighted by molar-refractivity contribution is 5.96. The molecule has 1 aromatic rings. The number of aryl methyl sites for hydroxylation is 2. The maximum atomic E-state index is 11.8. The molecular formula is C14H18O. The van der Waals surface area contributed by atoms with Gasteiger partial charge in [0.1, 0.15) is 0 Å². The second kappa shape index (κ2) is 5.50. The SMILES string of the molecule is C=CCCCC(=O)c1cc(C)cc(C)c1. The summed E-state index contributed by atoms with van der Waals surface area (Å²) in [7, 11) is 0. The Balaban J connectivity index is 2.69. The van der Waals surface area contributed by atoms with Crippen molar-refractivity contribution in [3.8, 4) is 0 Å². The number of carbonyl (C=O) groups excluding carboxylic acids is 1. The molecule has 1 nitrogen and oxygen atoms in total. The van der Waals surface area contributed by atoms with Crippen LogP contribution in [0.3, 0.4) is 0 Å². The summed E-state index contributed by atoms with van der Waals surface area (Å²) >= 11 is 0. The standard InChI is InChI=1S/C14H18O/c1-4-5-6-7-14(15)13-9-11(2)8-12(3)10-13/h4,8-10H,1,5-7H2,2-3H3. The first kappa shape index (κ1) is 11.7. The zero-order chi connectivity index (χ0) is 11.3. The van der Waals surface area contributed by atoms with Crippen LogP contribution in [-0.4, -0.2) is 5.78 Å². The zero-order valence-electron chi connectivity index (χ0n) is 9.55. The van der Waals surface area contributed by atoms with Gasteiger partial charge in [-0.1, -0.05) is 23.3 Å². The van der Waals surface area contributed by atoms with Crippen molar-refractivity contribution in [2.24, 2.45) is 0 Å². The van der Waals surface area contributed by atoms with E-state index in [1.807, 2.05) is 32.1 Å². The van der Waals surface area contributed by atoms with E-state index in [-0.39, 0.29) is 5.78 Å². The molecule has 0 heterocycles.